The van der Waals surface area contributed by atoms with Gasteiger partial charge < -0.3 is 34.8 Å². The molecule has 0 aliphatic rings. The van der Waals surface area contributed by atoms with Crippen molar-refractivity contribution in [1.82, 2.24) is 0 Å². The zero-order valence-electron chi connectivity index (χ0n) is 14.3. The molecule has 0 heterocycles. The molecule has 23 heavy (non-hydrogen) atoms. The zero-order chi connectivity index (χ0) is 18.0. The maximum Gasteiger partial charge on any atom is 0.673 e. The molecule has 0 atom stereocenters. The summed E-state index contributed by atoms with van der Waals surface area (Å²) < 4.78 is 44.1. The van der Waals surface area contributed by atoms with Crippen LogP contribution in [0.4, 0.5) is 0 Å². The summed E-state index contributed by atoms with van der Waals surface area (Å²) in [6.07, 6.45) is 1.54. The lowest BCUT2D eigenvalue weighted by molar-refractivity contribution is -0.0216. The van der Waals surface area contributed by atoms with Crippen LogP contribution in [0.3, 0.4) is 0 Å². The van der Waals surface area contributed by atoms with Crippen molar-refractivity contribution in [1.29, 1.82) is 0 Å². The standard InChI is InChI=1S/C12H26O8Si3/c1-9-12-18-22(14-5,15-6)20-23(16-7,17-8)19-21(10-2,11-3)13-4/h9-11H,1-3,12H2,4-8H3. The average molecular weight is 383 g/mol. The fraction of sp³-hybridized carbons (Fsp3) is 0.500. The summed E-state index contributed by atoms with van der Waals surface area (Å²) in [5, 5.41) is 0. The second kappa shape index (κ2) is 10.4. The van der Waals surface area contributed by atoms with Crippen LogP contribution in [0.1, 0.15) is 0 Å². The third kappa shape index (κ3) is 5.84. The quantitative estimate of drug-likeness (QED) is 0.328. The van der Waals surface area contributed by atoms with Crippen LogP contribution in [0.5, 0.6) is 0 Å². The Bertz CT molecular complexity index is 377. The lowest BCUT2D eigenvalue weighted by Crippen LogP contribution is -2.64. The van der Waals surface area contributed by atoms with Crippen molar-refractivity contribution in [3.63, 3.8) is 0 Å². The molecule has 11 heteroatoms. The Kier molecular flexibility index (Phi) is 10.2. The Morgan fingerprint density at radius 2 is 1.17 bits per heavy atom. The molecule has 0 unspecified atom stereocenters. The summed E-state index contributed by atoms with van der Waals surface area (Å²) >= 11 is 0. The summed E-state index contributed by atoms with van der Waals surface area (Å²) in [5.74, 6) is 0. The van der Waals surface area contributed by atoms with Crippen LogP contribution in [0.15, 0.2) is 37.2 Å². The first-order chi connectivity index (χ1) is 10.9. The van der Waals surface area contributed by atoms with Crippen molar-refractivity contribution >= 4 is 26.7 Å². The minimum atomic E-state index is -3.72. The van der Waals surface area contributed by atoms with E-state index in [1.54, 1.807) is 0 Å². The number of rotatable bonds is 14. The molecule has 0 aromatic heterocycles. The topological polar surface area (TPSA) is 73.8 Å². The third-order valence-corrected chi connectivity index (χ3v) is 11.4. The fourth-order valence-corrected chi connectivity index (χ4v) is 9.43. The molecule has 0 amide bonds. The van der Waals surface area contributed by atoms with Crippen molar-refractivity contribution < 1.29 is 34.8 Å². The average Bonchev–Trinajstić information content (AvgIpc) is 2.62. The molecule has 0 bridgehead atoms. The predicted molar refractivity (Wildman–Crippen MR) is 91.0 cm³/mol. The largest absolute Gasteiger partial charge is 0.673 e. The van der Waals surface area contributed by atoms with Gasteiger partial charge in [-0.3, -0.25) is 0 Å². The maximum absolute atomic E-state index is 5.93. The van der Waals surface area contributed by atoms with Crippen molar-refractivity contribution in [2.24, 2.45) is 0 Å². The minimum absolute atomic E-state index is 0.154. The first kappa shape index (κ1) is 22.6. The molecule has 0 spiro atoms. The van der Waals surface area contributed by atoms with Crippen LogP contribution < -0.4 is 0 Å². The molecule has 0 aliphatic carbocycles. The van der Waals surface area contributed by atoms with Gasteiger partial charge in [0.15, 0.2) is 0 Å². The van der Waals surface area contributed by atoms with Gasteiger partial charge in [0.05, 0.1) is 6.61 Å². The molecule has 0 radical (unpaired) electrons. The normalized spacial score (nSPS) is 12.9. The second-order valence-corrected chi connectivity index (χ2v) is 12.2. The molecule has 0 aliphatic heterocycles. The Hall–Kier alpha value is -0.449. The highest BCUT2D eigenvalue weighted by molar-refractivity contribution is 6.85. The van der Waals surface area contributed by atoms with E-state index in [9.17, 15) is 0 Å². The van der Waals surface area contributed by atoms with Gasteiger partial charge >= 0.3 is 26.7 Å². The van der Waals surface area contributed by atoms with Gasteiger partial charge in [-0.15, -0.1) is 19.7 Å². The van der Waals surface area contributed by atoms with Crippen molar-refractivity contribution in [3.05, 3.63) is 37.2 Å². The van der Waals surface area contributed by atoms with Crippen LogP contribution in [0.25, 0.3) is 0 Å². The lowest BCUT2D eigenvalue weighted by atomic mass is 10.7. The van der Waals surface area contributed by atoms with E-state index in [1.807, 2.05) is 0 Å². The first-order valence-electron chi connectivity index (χ1n) is 6.58. The molecule has 0 fully saturated rings. The van der Waals surface area contributed by atoms with Gasteiger partial charge in [0, 0.05) is 35.5 Å². The first-order valence-corrected chi connectivity index (χ1v) is 11.8. The van der Waals surface area contributed by atoms with Gasteiger partial charge in [0.1, 0.15) is 0 Å². The van der Waals surface area contributed by atoms with E-state index in [1.165, 1.54) is 53.0 Å². The summed E-state index contributed by atoms with van der Waals surface area (Å²) in [7, 11) is -3.26. The number of hydrogen-bond donors (Lipinski definition) is 0. The molecule has 0 rings (SSSR count). The molecule has 0 saturated heterocycles. The van der Waals surface area contributed by atoms with Crippen molar-refractivity contribution in [3.8, 4) is 0 Å². The molecule has 134 valence electrons. The van der Waals surface area contributed by atoms with Crippen molar-refractivity contribution in [2.45, 2.75) is 0 Å². The van der Waals surface area contributed by atoms with Gasteiger partial charge in [-0.05, 0) is 11.4 Å². The second-order valence-electron chi connectivity index (χ2n) is 3.95. The highest BCUT2D eigenvalue weighted by Crippen LogP contribution is 2.24. The van der Waals surface area contributed by atoms with Gasteiger partial charge in [-0.25, -0.2) is 0 Å². The smallest absolute Gasteiger partial charge is 0.392 e. The van der Waals surface area contributed by atoms with E-state index in [-0.39, 0.29) is 6.61 Å². The van der Waals surface area contributed by atoms with Crippen LogP contribution in [-0.2, 0) is 34.8 Å². The third-order valence-electron chi connectivity index (χ3n) is 2.80. The predicted octanol–water partition coefficient (Wildman–Crippen LogP) is 1.22. The van der Waals surface area contributed by atoms with Crippen LogP contribution >= 0.6 is 0 Å². The SMILES string of the molecule is C=CCO[Si](OC)(OC)O[Si](OC)(OC)O[Si](C=C)(C=C)OC. The molecule has 0 aromatic rings. The maximum atomic E-state index is 5.93. The van der Waals surface area contributed by atoms with Gasteiger partial charge in [-0.2, -0.15) is 0 Å². The van der Waals surface area contributed by atoms with Gasteiger partial charge in [-0.1, -0.05) is 6.08 Å². The van der Waals surface area contributed by atoms with E-state index in [0.29, 0.717) is 0 Å². The molecular formula is C12H26O8Si3. The Labute approximate surface area is 141 Å². The van der Waals surface area contributed by atoms with Gasteiger partial charge in [0.25, 0.3) is 0 Å². The monoisotopic (exact) mass is 382 g/mol. The van der Waals surface area contributed by atoms with Crippen LogP contribution in [0, 0.1) is 0 Å². The summed E-state index contributed by atoms with van der Waals surface area (Å²) in [6.45, 7) is 11.2. The van der Waals surface area contributed by atoms with E-state index < -0.39 is 26.7 Å². The zero-order valence-corrected chi connectivity index (χ0v) is 17.3. The van der Waals surface area contributed by atoms with E-state index in [2.05, 4.69) is 19.7 Å². The Balaban J connectivity index is 5.60. The molecule has 0 N–H and O–H groups in total. The van der Waals surface area contributed by atoms with E-state index in [0.717, 1.165) is 0 Å². The fourth-order valence-electron chi connectivity index (χ4n) is 1.47. The Morgan fingerprint density at radius 1 is 0.696 bits per heavy atom. The Morgan fingerprint density at radius 3 is 1.48 bits per heavy atom. The van der Waals surface area contributed by atoms with E-state index >= 15 is 0 Å². The molecule has 8 nitrogen and oxygen atoms in total. The van der Waals surface area contributed by atoms with Gasteiger partial charge in [0.2, 0.25) is 0 Å². The van der Waals surface area contributed by atoms with Crippen LogP contribution in [0.2, 0.25) is 0 Å². The molecular weight excluding hydrogens is 356 g/mol. The summed E-state index contributed by atoms with van der Waals surface area (Å²) in [6, 6.07) is 0. The minimum Gasteiger partial charge on any atom is -0.392 e. The number of hydrogen-bond acceptors (Lipinski definition) is 8. The highest BCUT2D eigenvalue weighted by Gasteiger charge is 2.60. The summed E-state index contributed by atoms with van der Waals surface area (Å²) in [5.41, 5.74) is 3.05. The van der Waals surface area contributed by atoms with Crippen molar-refractivity contribution in [2.75, 3.05) is 42.2 Å². The van der Waals surface area contributed by atoms with E-state index in [4.69, 9.17) is 34.8 Å². The molecule has 0 aromatic carbocycles. The molecule has 0 saturated carbocycles. The van der Waals surface area contributed by atoms with Crippen LogP contribution in [-0.4, -0.2) is 68.8 Å². The lowest BCUT2D eigenvalue weighted by Gasteiger charge is -2.36. The summed E-state index contributed by atoms with van der Waals surface area (Å²) in [4.78, 5) is 0. The highest BCUT2D eigenvalue weighted by atomic mass is 28.5.